The van der Waals surface area contributed by atoms with Crippen molar-refractivity contribution in [1.29, 1.82) is 0 Å². The molecule has 0 bridgehead atoms. The molecule has 0 spiro atoms. The van der Waals surface area contributed by atoms with Crippen molar-refractivity contribution < 1.29 is 23.5 Å². The second kappa shape index (κ2) is 19.4. The van der Waals surface area contributed by atoms with Crippen molar-refractivity contribution >= 4 is 43.4 Å². The molecule has 5 aromatic carbocycles. The summed E-state index contributed by atoms with van der Waals surface area (Å²) in [7, 11) is -5.54. The van der Waals surface area contributed by atoms with Crippen molar-refractivity contribution in [3.05, 3.63) is 169 Å². The van der Waals surface area contributed by atoms with Crippen LogP contribution in [0, 0.1) is 5.92 Å². The molecule has 1 N–H and O–H groups in total. The van der Waals surface area contributed by atoms with Crippen LogP contribution in [0.2, 0.25) is 10.1 Å². The molecule has 0 amide bonds. The van der Waals surface area contributed by atoms with Gasteiger partial charge in [-0.25, -0.2) is 4.79 Å². The molecular formula is C50H62O5Si2. The van der Waals surface area contributed by atoms with Gasteiger partial charge in [-0.3, -0.25) is 0 Å². The van der Waals surface area contributed by atoms with Gasteiger partial charge in [0.25, 0.3) is 16.6 Å². The summed E-state index contributed by atoms with van der Waals surface area (Å²) >= 11 is 0. The van der Waals surface area contributed by atoms with Crippen LogP contribution in [0.4, 0.5) is 0 Å². The first-order valence-electron chi connectivity index (χ1n) is 20.3. The van der Waals surface area contributed by atoms with Gasteiger partial charge in [0.1, 0.15) is 6.10 Å². The number of carbonyl (C=O) groups is 1. The van der Waals surface area contributed by atoms with Gasteiger partial charge in [-0.2, -0.15) is 0 Å². The molecule has 0 fully saturated rings. The van der Waals surface area contributed by atoms with Crippen LogP contribution in [0.15, 0.2) is 164 Å². The van der Waals surface area contributed by atoms with Gasteiger partial charge in [0.05, 0.1) is 11.7 Å². The lowest BCUT2D eigenvalue weighted by molar-refractivity contribution is 0.0298. The van der Waals surface area contributed by atoms with Gasteiger partial charge >= 0.3 is 5.97 Å². The van der Waals surface area contributed by atoms with Gasteiger partial charge < -0.3 is 18.7 Å². The number of aliphatic hydroxyl groups excluding tert-OH is 1. The van der Waals surface area contributed by atoms with E-state index in [4.69, 9.17) is 13.6 Å². The standard InChI is InChI=1S/C50H62O5Si2/c1-39(37-46(51)40(2)38-54-57(50(6,7)8,44-31-20-12-21-32-44)45-33-22-13-23-34-45)47(55-48(52)41-25-14-9-15-26-41)35-24-36-53-56(49(3,4)5,42-27-16-10-17-28-42)43-29-18-11-19-30-43/h9-23,25-34,40,46-47,51H,1,24,35-38H2,2-8H3/t40-,46+,47-/m0/s1. The van der Waals surface area contributed by atoms with Crippen LogP contribution in [0.5, 0.6) is 0 Å². The molecule has 57 heavy (non-hydrogen) atoms. The summed E-state index contributed by atoms with van der Waals surface area (Å²) in [5.41, 5.74) is 1.15. The van der Waals surface area contributed by atoms with Crippen LogP contribution >= 0.6 is 0 Å². The highest BCUT2D eigenvalue weighted by Crippen LogP contribution is 2.38. The normalized spacial score (nSPS) is 14.0. The number of esters is 1. The monoisotopic (exact) mass is 798 g/mol. The van der Waals surface area contributed by atoms with Crippen LogP contribution < -0.4 is 20.7 Å². The van der Waals surface area contributed by atoms with Crippen LogP contribution in [-0.4, -0.2) is 53.1 Å². The molecule has 0 aliphatic heterocycles. The van der Waals surface area contributed by atoms with E-state index >= 15 is 0 Å². The first-order valence-corrected chi connectivity index (χ1v) is 24.1. The topological polar surface area (TPSA) is 65.0 Å². The molecule has 0 heterocycles. The molecule has 5 aromatic rings. The molecule has 0 saturated heterocycles. The first kappa shape index (κ1) is 43.7. The minimum absolute atomic E-state index is 0.157. The lowest BCUT2D eigenvalue weighted by Gasteiger charge is -2.43. The van der Waals surface area contributed by atoms with Gasteiger partial charge in [0.15, 0.2) is 0 Å². The van der Waals surface area contributed by atoms with E-state index < -0.39 is 34.8 Å². The predicted octanol–water partition coefficient (Wildman–Crippen LogP) is 9.09. The highest BCUT2D eigenvalue weighted by Gasteiger charge is 2.51. The summed E-state index contributed by atoms with van der Waals surface area (Å²) in [6.45, 7) is 20.9. The molecule has 0 aliphatic rings. The number of rotatable bonds is 18. The Hall–Kier alpha value is -4.38. The van der Waals surface area contributed by atoms with E-state index in [1.807, 2.05) is 49.4 Å². The molecule has 7 heteroatoms. The number of hydrogen-bond acceptors (Lipinski definition) is 5. The van der Waals surface area contributed by atoms with Gasteiger partial charge in [-0.15, -0.1) is 0 Å². The molecule has 3 atom stereocenters. The van der Waals surface area contributed by atoms with E-state index in [0.29, 0.717) is 37.2 Å². The van der Waals surface area contributed by atoms with Crippen LogP contribution in [0.3, 0.4) is 0 Å². The fourth-order valence-electron chi connectivity index (χ4n) is 8.10. The van der Waals surface area contributed by atoms with Gasteiger partial charge in [0.2, 0.25) is 0 Å². The average Bonchev–Trinajstić information content (AvgIpc) is 3.21. The van der Waals surface area contributed by atoms with Gasteiger partial charge in [-0.1, -0.05) is 195 Å². The minimum atomic E-state index is -2.79. The van der Waals surface area contributed by atoms with E-state index in [1.165, 1.54) is 20.7 Å². The molecule has 0 unspecified atom stereocenters. The Morgan fingerprint density at radius 2 is 0.982 bits per heavy atom. The zero-order valence-electron chi connectivity index (χ0n) is 35.0. The predicted molar refractivity (Wildman–Crippen MR) is 241 cm³/mol. The van der Waals surface area contributed by atoms with Crippen molar-refractivity contribution in [3.63, 3.8) is 0 Å². The SMILES string of the molecule is C=C(C[C@@H](O)[C@@H](C)CO[Si](c1ccccc1)(c1ccccc1)C(C)(C)C)[C@H](CCCO[Si](c1ccccc1)(c1ccccc1)C(C)(C)C)OC(=O)c1ccccc1. The largest absolute Gasteiger partial charge is 0.454 e. The number of carbonyl (C=O) groups excluding carboxylic acids is 1. The van der Waals surface area contributed by atoms with Crippen molar-refractivity contribution in [2.24, 2.45) is 5.92 Å². The Labute approximate surface area is 344 Å². The summed E-state index contributed by atoms with van der Waals surface area (Å²) in [5, 5.41) is 16.3. The molecule has 5 rings (SSSR count). The molecule has 5 nitrogen and oxygen atoms in total. The highest BCUT2D eigenvalue weighted by molar-refractivity contribution is 7.00. The fraction of sp³-hybridized carbons (Fsp3) is 0.340. The first-order chi connectivity index (χ1) is 27.2. The Morgan fingerprint density at radius 3 is 1.37 bits per heavy atom. The average molecular weight is 799 g/mol. The van der Waals surface area contributed by atoms with E-state index in [2.05, 4.69) is 145 Å². The minimum Gasteiger partial charge on any atom is -0.454 e. The third-order valence-electron chi connectivity index (χ3n) is 11.2. The molecule has 0 saturated carbocycles. The second-order valence-electron chi connectivity index (χ2n) is 17.3. The third-order valence-corrected chi connectivity index (χ3v) is 21.2. The van der Waals surface area contributed by atoms with Crippen LogP contribution in [0.25, 0.3) is 0 Å². The summed E-state index contributed by atoms with van der Waals surface area (Å²) < 4.78 is 20.6. The van der Waals surface area contributed by atoms with Crippen LogP contribution in [0.1, 0.15) is 78.1 Å². The highest BCUT2D eigenvalue weighted by atomic mass is 28.4. The summed E-state index contributed by atoms with van der Waals surface area (Å²) in [4.78, 5) is 13.5. The summed E-state index contributed by atoms with van der Waals surface area (Å²) in [6, 6.07) is 51.4. The maximum atomic E-state index is 13.5. The van der Waals surface area contributed by atoms with Crippen molar-refractivity contribution in [3.8, 4) is 0 Å². The van der Waals surface area contributed by atoms with Gasteiger partial charge in [0, 0.05) is 19.1 Å². The van der Waals surface area contributed by atoms with Crippen molar-refractivity contribution in [1.82, 2.24) is 0 Å². The number of ether oxygens (including phenoxy) is 1. The number of benzene rings is 5. The second-order valence-corrected chi connectivity index (χ2v) is 25.9. The molecular weight excluding hydrogens is 737 g/mol. The Balaban J connectivity index is 1.34. The zero-order chi connectivity index (χ0) is 41.1. The Morgan fingerprint density at radius 1 is 0.614 bits per heavy atom. The van der Waals surface area contributed by atoms with Crippen LogP contribution in [-0.2, 0) is 13.6 Å². The lowest BCUT2D eigenvalue weighted by atomic mass is 9.94. The number of aliphatic hydroxyl groups is 1. The summed E-state index contributed by atoms with van der Waals surface area (Å²) in [6.07, 6.45) is 0.0451. The fourth-order valence-corrected chi connectivity index (χ4v) is 17.4. The molecule has 0 aliphatic carbocycles. The maximum absolute atomic E-state index is 13.5. The summed E-state index contributed by atoms with van der Waals surface area (Å²) in [5.74, 6) is -0.625. The maximum Gasteiger partial charge on any atom is 0.338 e. The van der Waals surface area contributed by atoms with E-state index in [1.54, 1.807) is 12.1 Å². The quantitative estimate of drug-likeness (QED) is 0.0415. The Bertz CT molecular complexity index is 1900. The van der Waals surface area contributed by atoms with E-state index in [-0.39, 0.29) is 22.4 Å². The van der Waals surface area contributed by atoms with Crippen molar-refractivity contribution in [2.45, 2.75) is 90.0 Å². The zero-order valence-corrected chi connectivity index (χ0v) is 37.0. The third kappa shape index (κ3) is 10.2. The van der Waals surface area contributed by atoms with Gasteiger partial charge in [-0.05, 0) is 67.8 Å². The molecule has 0 radical (unpaired) electrons. The Kier molecular flexibility index (Phi) is 14.9. The van der Waals surface area contributed by atoms with E-state index in [9.17, 15) is 9.90 Å². The van der Waals surface area contributed by atoms with Crippen molar-refractivity contribution in [2.75, 3.05) is 13.2 Å². The smallest absolute Gasteiger partial charge is 0.338 e. The number of hydrogen-bond donors (Lipinski definition) is 1. The lowest BCUT2D eigenvalue weighted by Crippen LogP contribution is -2.67. The van der Waals surface area contributed by atoms with E-state index in [0.717, 1.165) is 0 Å². The molecule has 300 valence electrons. The molecule has 0 aromatic heterocycles.